The number of carbonyl (C=O) groups is 2. The zero-order chi connectivity index (χ0) is 15.2. The van der Waals surface area contributed by atoms with Crippen molar-refractivity contribution in [1.29, 1.82) is 0 Å². The number of benzene rings is 2. The third kappa shape index (κ3) is 3.28. The van der Waals surface area contributed by atoms with Crippen LogP contribution in [0.2, 0.25) is 0 Å². The quantitative estimate of drug-likeness (QED) is 0.605. The Morgan fingerprint density at radius 2 is 1.81 bits per heavy atom. The van der Waals surface area contributed by atoms with Crippen molar-refractivity contribution in [2.45, 2.75) is 6.92 Å². The first-order valence-corrected chi connectivity index (χ1v) is 6.72. The van der Waals surface area contributed by atoms with Crippen molar-refractivity contribution in [2.75, 3.05) is 18.6 Å². The molecule has 0 unspecified atom stereocenters. The van der Waals surface area contributed by atoms with Crippen LogP contribution in [0.3, 0.4) is 0 Å². The topological polar surface area (TPSA) is 46.6 Å². The summed E-state index contributed by atoms with van der Waals surface area (Å²) in [7, 11) is 1.66. The van der Waals surface area contributed by atoms with Crippen molar-refractivity contribution in [1.82, 2.24) is 0 Å². The fourth-order valence-electron chi connectivity index (χ4n) is 2.00. The molecule has 0 aliphatic heterocycles. The summed E-state index contributed by atoms with van der Waals surface area (Å²) in [5, 5.41) is 0. The summed E-state index contributed by atoms with van der Waals surface area (Å²) >= 11 is 0. The Morgan fingerprint density at radius 1 is 1.14 bits per heavy atom. The van der Waals surface area contributed by atoms with E-state index in [1.54, 1.807) is 43.4 Å². The van der Waals surface area contributed by atoms with Crippen LogP contribution in [0.1, 0.15) is 22.8 Å². The minimum absolute atomic E-state index is 0.0978. The minimum Gasteiger partial charge on any atom is -0.493 e. The van der Waals surface area contributed by atoms with E-state index in [9.17, 15) is 9.59 Å². The molecule has 0 fully saturated rings. The standard InChI is InChI=1S/C17H17NO3/c1-3-21-16-7-5-4-6-15(16)17(20)13-8-10-14(11-9-13)18(2)12-19/h4-12H,3H2,1-2H3. The van der Waals surface area contributed by atoms with Crippen LogP contribution < -0.4 is 9.64 Å². The number of amides is 1. The molecule has 0 N–H and O–H groups in total. The number of rotatable bonds is 6. The molecule has 0 heterocycles. The maximum atomic E-state index is 12.5. The second kappa shape index (κ2) is 6.70. The molecule has 0 aromatic heterocycles. The highest BCUT2D eigenvalue weighted by atomic mass is 16.5. The average molecular weight is 283 g/mol. The van der Waals surface area contributed by atoms with Gasteiger partial charge in [0.05, 0.1) is 12.2 Å². The molecule has 0 saturated carbocycles. The van der Waals surface area contributed by atoms with Gasteiger partial charge in [-0.1, -0.05) is 12.1 Å². The van der Waals surface area contributed by atoms with Gasteiger partial charge < -0.3 is 9.64 Å². The Hall–Kier alpha value is -2.62. The highest BCUT2D eigenvalue weighted by Crippen LogP contribution is 2.22. The summed E-state index contributed by atoms with van der Waals surface area (Å²) in [6, 6.07) is 14.1. The number of carbonyl (C=O) groups excluding carboxylic acids is 2. The molecule has 0 aliphatic rings. The van der Waals surface area contributed by atoms with Crippen molar-refractivity contribution in [3.63, 3.8) is 0 Å². The Morgan fingerprint density at radius 3 is 2.43 bits per heavy atom. The first-order chi connectivity index (χ1) is 10.2. The molecule has 4 nitrogen and oxygen atoms in total. The third-order valence-electron chi connectivity index (χ3n) is 3.13. The molecule has 0 aliphatic carbocycles. The molecule has 0 radical (unpaired) electrons. The number of hydrogen-bond donors (Lipinski definition) is 0. The predicted octanol–water partition coefficient (Wildman–Crippen LogP) is 2.91. The minimum atomic E-state index is -0.0978. The summed E-state index contributed by atoms with van der Waals surface area (Å²) in [4.78, 5) is 24.7. The molecule has 2 aromatic carbocycles. The normalized spacial score (nSPS) is 10.0. The van der Waals surface area contributed by atoms with Crippen molar-refractivity contribution >= 4 is 17.9 Å². The van der Waals surface area contributed by atoms with Gasteiger partial charge in [0, 0.05) is 18.3 Å². The van der Waals surface area contributed by atoms with Crippen LogP contribution in [-0.2, 0) is 4.79 Å². The number of anilines is 1. The molecule has 2 rings (SSSR count). The van der Waals surface area contributed by atoms with E-state index < -0.39 is 0 Å². The van der Waals surface area contributed by atoms with E-state index in [0.29, 0.717) is 23.5 Å². The zero-order valence-corrected chi connectivity index (χ0v) is 12.1. The summed E-state index contributed by atoms with van der Waals surface area (Å²) in [6.07, 6.45) is 0.723. The Balaban J connectivity index is 2.30. The van der Waals surface area contributed by atoms with E-state index in [0.717, 1.165) is 12.1 Å². The molecule has 108 valence electrons. The Bertz CT molecular complexity index is 635. The van der Waals surface area contributed by atoms with Gasteiger partial charge in [-0.25, -0.2) is 0 Å². The predicted molar refractivity (Wildman–Crippen MR) is 82.0 cm³/mol. The van der Waals surface area contributed by atoms with Gasteiger partial charge in [-0.3, -0.25) is 9.59 Å². The SMILES string of the molecule is CCOc1ccccc1C(=O)c1ccc(N(C)C=O)cc1. The molecule has 0 saturated heterocycles. The third-order valence-corrected chi connectivity index (χ3v) is 3.13. The molecular weight excluding hydrogens is 266 g/mol. The molecule has 21 heavy (non-hydrogen) atoms. The van der Waals surface area contributed by atoms with Gasteiger partial charge in [0.1, 0.15) is 5.75 Å². The summed E-state index contributed by atoms with van der Waals surface area (Å²) in [5.74, 6) is 0.485. The van der Waals surface area contributed by atoms with Gasteiger partial charge in [0.15, 0.2) is 5.78 Å². The maximum absolute atomic E-state index is 12.5. The molecule has 4 heteroatoms. The van der Waals surface area contributed by atoms with Crippen LogP contribution in [0, 0.1) is 0 Å². The Kier molecular flexibility index (Phi) is 4.72. The van der Waals surface area contributed by atoms with Crippen molar-refractivity contribution in [2.24, 2.45) is 0 Å². The fourth-order valence-corrected chi connectivity index (χ4v) is 2.00. The first-order valence-electron chi connectivity index (χ1n) is 6.72. The van der Waals surface area contributed by atoms with E-state index in [2.05, 4.69) is 0 Å². The molecular formula is C17H17NO3. The van der Waals surface area contributed by atoms with E-state index >= 15 is 0 Å². The van der Waals surface area contributed by atoms with Crippen LogP contribution in [0.5, 0.6) is 5.75 Å². The van der Waals surface area contributed by atoms with E-state index in [-0.39, 0.29) is 5.78 Å². The summed E-state index contributed by atoms with van der Waals surface area (Å²) in [5.41, 5.74) is 1.83. The highest BCUT2D eigenvalue weighted by Gasteiger charge is 2.14. The highest BCUT2D eigenvalue weighted by molar-refractivity contribution is 6.10. The van der Waals surface area contributed by atoms with Gasteiger partial charge in [0.25, 0.3) is 0 Å². The first kappa shape index (κ1) is 14.8. The van der Waals surface area contributed by atoms with Gasteiger partial charge in [-0.05, 0) is 43.3 Å². The second-order valence-electron chi connectivity index (χ2n) is 4.52. The lowest BCUT2D eigenvalue weighted by molar-refractivity contribution is -0.107. The van der Waals surface area contributed by atoms with Gasteiger partial charge >= 0.3 is 0 Å². The second-order valence-corrected chi connectivity index (χ2v) is 4.52. The molecule has 1 amide bonds. The van der Waals surface area contributed by atoms with E-state index in [1.807, 2.05) is 19.1 Å². The number of ketones is 1. The maximum Gasteiger partial charge on any atom is 0.213 e. The van der Waals surface area contributed by atoms with Crippen LogP contribution in [0.25, 0.3) is 0 Å². The molecule has 0 spiro atoms. The van der Waals surface area contributed by atoms with Crippen LogP contribution in [-0.4, -0.2) is 25.8 Å². The van der Waals surface area contributed by atoms with Gasteiger partial charge in [-0.2, -0.15) is 0 Å². The summed E-state index contributed by atoms with van der Waals surface area (Å²) in [6.45, 7) is 2.39. The molecule has 2 aromatic rings. The lowest BCUT2D eigenvalue weighted by atomic mass is 10.0. The van der Waals surface area contributed by atoms with E-state index in [4.69, 9.17) is 4.74 Å². The summed E-state index contributed by atoms with van der Waals surface area (Å²) < 4.78 is 5.48. The number of para-hydroxylation sites is 1. The lowest BCUT2D eigenvalue weighted by Crippen LogP contribution is -2.13. The van der Waals surface area contributed by atoms with E-state index in [1.165, 1.54) is 4.90 Å². The van der Waals surface area contributed by atoms with Gasteiger partial charge in [-0.15, -0.1) is 0 Å². The largest absolute Gasteiger partial charge is 0.493 e. The van der Waals surface area contributed by atoms with Crippen LogP contribution in [0.4, 0.5) is 5.69 Å². The lowest BCUT2D eigenvalue weighted by Gasteiger charge is -2.12. The van der Waals surface area contributed by atoms with Crippen LogP contribution >= 0.6 is 0 Å². The molecule has 0 atom stereocenters. The van der Waals surface area contributed by atoms with Crippen molar-refractivity contribution < 1.29 is 14.3 Å². The van der Waals surface area contributed by atoms with Crippen molar-refractivity contribution in [3.05, 3.63) is 59.7 Å². The number of nitrogens with zero attached hydrogens (tertiary/aromatic N) is 1. The fraction of sp³-hybridized carbons (Fsp3) is 0.176. The van der Waals surface area contributed by atoms with Gasteiger partial charge in [0.2, 0.25) is 6.41 Å². The Labute approximate surface area is 124 Å². The zero-order valence-electron chi connectivity index (χ0n) is 12.1. The number of ether oxygens (including phenoxy) is 1. The van der Waals surface area contributed by atoms with Crippen LogP contribution in [0.15, 0.2) is 48.5 Å². The molecule has 0 bridgehead atoms. The average Bonchev–Trinajstić information content (AvgIpc) is 2.54. The number of hydrogen-bond acceptors (Lipinski definition) is 3. The smallest absolute Gasteiger partial charge is 0.213 e. The monoisotopic (exact) mass is 283 g/mol. The van der Waals surface area contributed by atoms with Crippen molar-refractivity contribution in [3.8, 4) is 5.75 Å².